The van der Waals surface area contributed by atoms with E-state index >= 15 is 0 Å². The molecule has 1 heterocycles. The quantitative estimate of drug-likeness (QED) is 0.762. The van der Waals surface area contributed by atoms with Crippen LogP contribution in [-0.2, 0) is 0 Å². The van der Waals surface area contributed by atoms with E-state index in [0.717, 1.165) is 16.7 Å². The smallest absolute Gasteiger partial charge is 0.255 e. The van der Waals surface area contributed by atoms with Crippen molar-refractivity contribution in [2.24, 2.45) is 0 Å². The maximum absolute atomic E-state index is 12.5. The first-order chi connectivity index (χ1) is 8.47. The SMILES string of the molecule is CC1CN(C(=O)c2cc(Cl)ccc2I)CC(C)N1. The minimum absolute atomic E-state index is 0.0714. The van der Waals surface area contributed by atoms with Crippen molar-refractivity contribution < 1.29 is 4.79 Å². The highest BCUT2D eigenvalue weighted by Crippen LogP contribution is 2.20. The van der Waals surface area contributed by atoms with Gasteiger partial charge in [-0.25, -0.2) is 0 Å². The Hall–Kier alpha value is -0.330. The monoisotopic (exact) mass is 378 g/mol. The molecule has 1 aliphatic rings. The molecule has 1 aromatic rings. The Balaban J connectivity index is 2.22. The number of carbonyl (C=O) groups is 1. The molecule has 2 atom stereocenters. The van der Waals surface area contributed by atoms with Crippen LogP contribution in [0.2, 0.25) is 5.02 Å². The third-order valence-electron chi connectivity index (χ3n) is 3.00. The topological polar surface area (TPSA) is 32.3 Å². The number of amides is 1. The summed E-state index contributed by atoms with van der Waals surface area (Å²) < 4.78 is 0.945. The van der Waals surface area contributed by atoms with E-state index in [4.69, 9.17) is 11.6 Å². The van der Waals surface area contributed by atoms with E-state index in [9.17, 15) is 4.79 Å². The molecule has 18 heavy (non-hydrogen) atoms. The lowest BCUT2D eigenvalue weighted by Gasteiger charge is -2.36. The van der Waals surface area contributed by atoms with Crippen molar-refractivity contribution >= 4 is 40.1 Å². The molecule has 0 saturated carbocycles. The number of rotatable bonds is 1. The third-order valence-corrected chi connectivity index (χ3v) is 4.18. The molecule has 2 rings (SSSR count). The summed E-state index contributed by atoms with van der Waals surface area (Å²) in [5, 5.41) is 4.03. The van der Waals surface area contributed by atoms with Gasteiger partial charge in [-0.2, -0.15) is 0 Å². The van der Waals surface area contributed by atoms with Crippen LogP contribution < -0.4 is 5.32 Å². The summed E-state index contributed by atoms with van der Waals surface area (Å²) in [6, 6.07) is 6.10. The van der Waals surface area contributed by atoms with Crippen molar-refractivity contribution in [1.29, 1.82) is 0 Å². The normalized spacial score (nSPS) is 24.1. The van der Waals surface area contributed by atoms with E-state index in [1.807, 2.05) is 17.0 Å². The molecule has 1 aliphatic heterocycles. The van der Waals surface area contributed by atoms with Gasteiger partial charge in [0.05, 0.1) is 5.56 Å². The molecule has 0 aliphatic carbocycles. The molecule has 1 N–H and O–H groups in total. The summed E-state index contributed by atoms with van der Waals surface area (Å²) in [7, 11) is 0. The van der Waals surface area contributed by atoms with Gasteiger partial charge in [0.15, 0.2) is 0 Å². The zero-order valence-electron chi connectivity index (χ0n) is 10.4. The van der Waals surface area contributed by atoms with Gasteiger partial charge in [0, 0.05) is 33.8 Å². The third kappa shape index (κ3) is 3.16. The van der Waals surface area contributed by atoms with Crippen LogP contribution in [0.5, 0.6) is 0 Å². The highest BCUT2D eigenvalue weighted by Gasteiger charge is 2.26. The van der Waals surface area contributed by atoms with Gasteiger partial charge in [0.1, 0.15) is 0 Å². The lowest BCUT2D eigenvalue weighted by Crippen LogP contribution is -2.55. The van der Waals surface area contributed by atoms with Gasteiger partial charge < -0.3 is 10.2 Å². The van der Waals surface area contributed by atoms with E-state index in [1.54, 1.807) is 6.07 Å². The summed E-state index contributed by atoms with van der Waals surface area (Å²) in [4.78, 5) is 14.4. The molecule has 0 spiro atoms. The van der Waals surface area contributed by atoms with Crippen LogP contribution in [-0.4, -0.2) is 36.0 Å². The number of halogens is 2. The molecular weight excluding hydrogens is 363 g/mol. The number of benzene rings is 1. The number of carbonyl (C=O) groups excluding carboxylic acids is 1. The minimum Gasteiger partial charge on any atom is -0.336 e. The number of nitrogens with zero attached hydrogens (tertiary/aromatic N) is 1. The van der Waals surface area contributed by atoms with Gasteiger partial charge in [-0.15, -0.1) is 0 Å². The van der Waals surface area contributed by atoms with Crippen LogP contribution in [0.3, 0.4) is 0 Å². The minimum atomic E-state index is 0.0714. The van der Waals surface area contributed by atoms with Crippen LogP contribution in [0.15, 0.2) is 18.2 Å². The largest absolute Gasteiger partial charge is 0.336 e. The van der Waals surface area contributed by atoms with Gasteiger partial charge in [-0.05, 0) is 54.6 Å². The lowest BCUT2D eigenvalue weighted by molar-refractivity contribution is 0.0672. The molecule has 0 bridgehead atoms. The lowest BCUT2D eigenvalue weighted by atomic mass is 10.1. The molecule has 5 heteroatoms. The van der Waals surface area contributed by atoms with Crippen LogP contribution in [0, 0.1) is 3.57 Å². The summed E-state index contributed by atoms with van der Waals surface area (Å²) in [5.74, 6) is 0.0714. The zero-order valence-corrected chi connectivity index (χ0v) is 13.3. The molecule has 3 nitrogen and oxygen atoms in total. The maximum Gasteiger partial charge on any atom is 0.255 e. The van der Waals surface area contributed by atoms with Crippen molar-refractivity contribution in [2.45, 2.75) is 25.9 Å². The summed E-state index contributed by atoms with van der Waals surface area (Å²) in [5.41, 5.74) is 0.699. The van der Waals surface area contributed by atoms with E-state index in [-0.39, 0.29) is 5.91 Å². The highest BCUT2D eigenvalue weighted by molar-refractivity contribution is 14.1. The maximum atomic E-state index is 12.5. The Kier molecular flexibility index (Phi) is 4.50. The Bertz CT molecular complexity index is 456. The second-order valence-corrected chi connectivity index (χ2v) is 6.40. The second kappa shape index (κ2) is 5.75. The van der Waals surface area contributed by atoms with E-state index in [2.05, 4.69) is 41.8 Å². The van der Waals surface area contributed by atoms with Gasteiger partial charge in [-0.3, -0.25) is 4.79 Å². The summed E-state index contributed by atoms with van der Waals surface area (Å²) in [6.45, 7) is 5.68. The van der Waals surface area contributed by atoms with E-state index in [0.29, 0.717) is 22.7 Å². The Morgan fingerprint density at radius 3 is 2.61 bits per heavy atom. The van der Waals surface area contributed by atoms with Crippen molar-refractivity contribution in [3.05, 3.63) is 32.4 Å². The zero-order chi connectivity index (χ0) is 13.3. The van der Waals surface area contributed by atoms with Crippen molar-refractivity contribution in [1.82, 2.24) is 10.2 Å². The molecular formula is C13H16ClIN2O. The average Bonchev–Trinajstić information content (AvgIpc) is 2.30. The highest BCUT2D eigenvalue weighted by atomic mass is 127. The molecule has 0 radical (unpaired) electrons. The first kappa shape index (κ1) is 14.1. The molecule has 1 fully saturated rings. The van der Waals surface area contributed by atoms with Crippen LogP contribution in [0.4, 0.5) is 0 Å². The molecule has 1 saturated heterocycles. The Morgan fingerprint density at radius 1 is 1.39 bits per heavy atom. The van der Waals surface area contributed by atoms with Gasteiger partial charge in [0.2, 0.25) is 0 Å². The van der Waals surface area contributed by atoms with Crippen LogP contribution in [0.25, 0.3) is 0 Å². The standard InChI is InChI=1S/C13H16ClIN2O/c1-8-6-17(7-9(2)16-8)13(18)11-5-10(14)3-4-12(11)15/h3-5,8-9,16H,6-7H2,1-2H3. The Labute approximate surface area is 126 Å². The fraction of sp³-hybridized carbons (Fsp3) is 0.462. The van der Waals surface area contributed by atoms with Gasteiger partial charge in [-0.1, -0.05) is 11.6 Å². The fourth-order valence-corrected chi connectivity index (χ4v) is 3.06. The predicted octanol–water partition coefficient (Wildman–Crippen LogP) is 2.77. The van der Waals surface area contributed by atoms with Crippen LogP contribution in [0.1, 0.15) is 24.2 Å². The van der Waals surface area contributed by atoms with E-state index < -0.39 is 0 Å². The van der Waals surface area contributed by atoms with Crippen LogP contribution >= 0.6 is 34.2 Å². The fourth-order valence-electron chi connectivity index (χ4n) is 2.32. The number of hydrogen-bond donors (Lipinski definition) is 1. The van der Waals surface area contributed by atoms with Gasteiger partial charge >= 0.3 is 0 Å². The molecule has 98 valence electrons. The number of hydrogen-bond acceptors (Lipinski definition) is 2. The summed E-state index contributed by atoms with van der Waals surface area (Å²) in [6.07, 6.45) is 0. The van der Waals surface area contributed by atoms with E-state index in [1.165, 1.54) is 0 Å². The molecule has 1 aromatic carbocycles. The molecule has 1 amide bonds. The number of piperazine rings is 1. The number of nitrogens with one attached hydrogen (secondary N) is 1. The first-order valence-electron chi connectivity index (χ1n) is 5.97. The van der Waals surface area contributed by atoms with Gasteiger partial charge in [0.25, 0.3) is 5.91 Å². The van der Waals surface area contributed by atoms with Crippen molar-refractivity contribution in [3.8, 4) is 0 Å². The summed E-state index contributed by atoms with van der Waals surface area (Å²) >= 11 is 8.15. The molecule has 2 unspecified atom stereocenters. The average molecular weight is 379 g/mol. The first-order valence-corrected chi connectivity index (χ1v) is 7.43. The Morgan fingerprint density at radius 2 is 2.00 bits per heavy atom. The van der Waals surface area contributed by atoms with Crippen molar-refractivity contribution in [2.75, 3.05) is 13.1 Å². The predicted molar refractivity (Wildman–Crippen MR) is 82.1 cm³/mol. The molecule has 0 aromatic heterocycles. The van der Waals surface area contributed by atoms with Crippen molar-refractivity contribution in [3.63, 3.8) is 0 Å². The second-order valence-electron chi connectivity index (χ2n) is 4.80.